The normalized spacial score (nSPS) is 13.8. The number of amides is 1. The van der Waals surface area contributed by atoms with Crippen molar-refractivity contribution in [3.05, 3.63) is 82.9 Å². The molecule has 0 N–H and O–H groups in total. The lowest BCUT2D eigenvalue weighted by molar-refractivity contribution is -0.117. The van der Waals surface area contributed by atoms with Crippen molar-refractivity contribution >= 4 is 17.1 Å². The van der Waals surface area contributed by atoms with Crippen molar-refractivity contribution < 1.29 is 9.53 Å². The highest BCUT2D eigenvalue weighted by atomic mass is 16.5. The zero-order valence-corrected chi connectivity index (χ0v) is 17.2. The SMILES string of the molecule is COc1ccccc1-c1cc2c(=O)n(Cc3ccc(N4CCCC4=O)cc3)ccn2n1. The summed E-state index contributed by atoms with van der Waals surface area (Å²) in [5.41, 5.74) is 3.81. The first-order valence-corrected chi connectivity index (χ1v) is 10.3. The standard InChI is InChI=1S/C24H22N4O3/c1-31-22-6-3-2-5-19(22)20-15-21-24(30)26(13-14-28(21)25-20)16-17-8-10-18(11-9-17)27-12-4-7-23(27)29/h2-3,5-6,8-11,13-15H,4,7,12,16H2,1H3. The fourth-order valence-corrected chi connectivity index (χ4v) is 4.04. The van der Waals surface area contributed by atoms with Gasteiger partial charge in [-0.1, -0.05) is 24.3 Å². The Kier molecular flexibility index (Phi) is 4.78. The number of aromatic nitrogens is 3. The molecule has 0 spiro atoms. The van der Waals surface area contributed by atoms with E-state index < -0.39 is 0 Å². The van der Waals surface area contributed by atoms with Crippen LogP contribution in [-0.2, 0) is 11.3 Å². The molecule has 2 aromatic heterocycles. The van der Waals surface area contributed by atoms with Crippen molar-refractivity contribution in [1.29, 1.82) is 0 Å². The van der Waals surface area contributed by atoms with Crippen molar-refractivity contribution in [1.82, 2.24) is 14.2 Å². The van der Waals surface area contributed by atoms with Crippen LogP contribution >= 0.6 is 0 Å². The number of anilines is 1. The van der Waals surface area contributed by atoms with Gasteiger partial charge in [-0.05, 0) is 42.3 Å². The zero-order chi connectivity index (χ0) is 21.4. The van der Waals surface area contributed by atoms with Crippen molar-refractivity contribution in [2.45, 2.75) is 19.4 Å². The Balaban J connectivity index is 1.44. The number of ether oxygens (including phenoxy) is 1. The number of methoxy groups -OCH3 is 1. The highest BCUT2D eigenvalue weighted by Crippen LogP contribution is 2.28. The van der Waals surface area contributed by atoms with Crippen LogP contribution in [0.4, 0.5) is 5.69 Å². The largest absolute Gasteiger partial charge is 0.496 e. The molecule has 0 aliphatic carbocycles. The number of hydrogen-bond donors (Lipinski definition) is 0. The fourth-order valence-electron chi connectivity index (χ4n) is 4.04. The van der Waals surface area contributed by atoms with Crippen molar-refractivity contribution in [2.75, 3.05) is 18.6 Å². The molecular formula is C24H22N4O3. The highest BCUT2D eigenvalue weighted by molar-refractivity contribution is 5.95. The quantitative estimate of drug-likeness (QED) is 0.502. The third kappa shape index (κ3) is 3.48. The molecule has 7 nitrogen and oxygen atoms in total. The fraction of sp³-hybridized carbons (Fsp3) is 0.208. The summed E-state index contributed by atoms with van der Waals surface area (Å²) in [6, 6.07) is 17.2. The molecule has 0 unspecified atom stereocenters. The number of fused-ring (bicyclic) bond motifs is 1. The summed E-state index contributed by atoms with van der Waals surface area (Å²) in [6.07, 6.45) is 5.04. The van der Waals surface area contributed by atoms with Crippen LogP contribution in [0.2, 0.25) is 0 Å². The molecule has 31 heavy (non-hydrogen) atoms. The van der Waals surface area contributed by atoms with Gasteiger partial charge in [-0.2, -0.15) is 5.10 Å². The maximum absolute atomic E-state index is 13.1. The summed E-state index contributed by atoms with van der Waals surface area (Å²) in [5.74, 6) is 0.879. The average Bonchev–Trinajstić information content (AvgIpc) is 3.43. The second-order valence-electron chi connectivity index (χ2n) is 7.61. The van der Waals surface area contributed by atoms with Gasteiger partial charge in [0.15, 0.2) is 0 Å². The lowest BCUT2D eigenvalue weighted by Gasteiger charge is -2.16. The number of nitrogens with zero attached hydrogens (tertiary/aromatic N) is 4. The number of benzene rings is 2. The third-order valence-electron chi connectivity index (χ3n) is 5.66. The molecule has 1 fully saturated rings. The lowest BCUT2D eigenvalue weighted by atomic mass is 10.1. The Bertz CT molecular complexity index is 1320. The molecule has 0 atom stereocenters. The smallest absolute Gasteiger partial charge is 0.276 e. The van der Waals surface area contributed by atoms with E-state index in [0.717, 1.165) is 29.8 Å². The maximum Gasteiger partial charge on any atom is 0.276 e. The number of carbonyl (C=O) groups is 1. The molecule has 1 amide bonds. The number of para-hydroxylation sites is 1. The number of hydrogen-bond acceptors (Lipinski definition) is 4. The van der Waals surface area contributed by atoms with E-state index in [4.69, 9.17) is 4.74 Å². The van der Waals surface area contributed by atoms with E-state index in [1.807, 2.05) is 53.4 Å². The second-order valence-corrected chi connectivity index (χ2v) is 7.61. The number of carbonyl (C=O) groups excluding carboxylic acids is 1. The van der Waals surface area contributed by atoms with Crippen LogP contribution in [0.3, 0.4) is 0 Å². The van der Waals surface area contributed by atoms with Gasteiger partial charge in [0.1, 0.15) is 11.3 Å². The third-order valence-corrected chi connectivity index (χ3v) is 5.66. The summed E-state index contributed by atoms with van der Waals surface area (Å²) in [6.45, 7) is 1.21. The van der Waals surface area contributed by atoms with Crippen LogP contribution in [-0.4, -0.2) is 33.7 Å². The molecular weight excluding hydrogens is 392 g/mol. The summed E-state index contributed by atoms with van der Waals surface area (Å²) >= 11 is 0. The molecule has 1 aliphatic heterocycles. The van der Waals surface area contributed by atoms with Crippen LogP contribution in [0.5, 0.6) is 5.75 Å². The zero-order valence-electron chi connectivity index (χ0n) is 17.2. The minimum Gasteiger partial charge on any atom is -0.496 e. The minimum atomic E-state index is -0.116. The molecule has 1 aliphatic rings. The van der Waals surface area contributed by atoms with Gasteiger partial charge in [-0.3, -0.25) is 9.59 Å². The highest BCUT2D eigenvalue weighted by Gasteiger charge is 2.21. The molecule has 1 saturated heterocycles. The average molecular weight is 414 g/mol. The van der Waals surface area contributed by atoms with Crippen molar-refractivity contribution in [2.24, 2.45) is 0 Å². The van der Waals surface area contributed by atoms with Gasteiger partial charge < -0.3 is 14.2 Å². The minimum absolute atomic E-state index is 0.116. The van der Waals surface area contributed by atoms with Crippen LogP contribution in [0.15, 0.2) is 71.8 Å². The predicted octanol–water partition coefficient (Wildman–Crippen LogP) is 3.35. The molecule has 4 aromatic rings. The van der Waals surface area contributed by atoms with E-state index in [-0.39, 0.29) is 11.5 Å². The molecule has 0 saturated carbocycles. The molecule has 7 heteroatoms. The van der Waals surface area contributed by atoms with Gasteiger partial charge in [-0.15, -0.1) is 0 Å². The van der Waals surface area contributed by atoms with Crippen molar-refractivity contribution in [3.8, 4) is 17.0 Å². The predicted molar refractivity (Wildman–Crippen MR) is 119 cm³/mol. The van der Waals surface area contributed by atoms with Crippen molar-refractivity contribution in [3.63, 3.8) is 0 Å². The van der Waals surface area contributed by atoms with E-state index in [1.165, 1.54) is 0 Å². The van der Waals surface area contributed by atoms with Crippen LogP contribution in [0, 0.1) is 0 Å². The van der Waals surface area contributed by atoms with E-state index in [2.05, 4.69) is 5.10 Å². The topological polar surface area (TPSA) is 68.8 Å². The van der Waals surface area contributed by atoms with Gasteiger partial charge in [0, 0.05) is 36.6 Å². The number of rotatable bonds is 5. The maximum atomic E-state index is 13.1. The Labute approximate surface area is 179 Å². The van der Waals surface area contributed by atoms with E-state index in [0.29, 0.717) is 29.9 Å². The first-order chi connectivity index (χ1) is 15.1. The Hall–Kier alpha value is -3.87. The molecule has 5 rings (SSSR count). The van der Waals surface area contributed by atoms with E-state index in [9.17, 15) is 9.59 Å². The van der Waals surface area contributed by atoms with Gasteiger partial charge in [0.25, 0.3) is 5.56 Å². The van der Waals surface area contributed by atoms with E-state index in [1.54, 1.807) is 34.7 Å². The lowest BCUT2D eigenvalue weighted by Crippen LogP contribution is -2.24. The first kappa shape index (κ1) is 19.1. The van der Waals surface area contributed by atoms with E-state index >= 15 is 0 Å². The monoisotopic (exact) mass is 414 g/mol. The van der Waals surface area contributed by atoms with Gasteiger partial charge in [-0.25, -0.2) is 4.52 Å². The van der Waals surface area contributed by atoms with Crippen LogP contribution in [0.25, 0.3) is 16.8 Å². The van der Waals surface area contributed by atoms with Gasteiger partial charge >= 0.3 is 0 Å². The molecule has 156 valence electrons. The second kappa shape index (κ2) is 7.75. The van der Waals surface area contributed by atoms with Crippen LogP contribution < -0.4 is 15.2 Å². The summed E-state index contributed by atoms with van der Waals surface area (Å²) < 4.78 is 8.69. The molecule has 0 radical (unpaired) electrons. The molecule has 0 bridgehead atoms. The molecule has 3 heterocycles. The summed E-state index contributed by atoms with van der Waals surface area (Å²) in [4.78, 5) is 26.8. The first-order valence-electron chi connectivity index (χ1n) is 10.3. The van der Waals surface area contributed by atoms with Crippen LogP contribution in [0.1, 0.15) is 18.4 Å². The summed E-state index contributed by atoms with van der Waals surface area (Å²) in [5, 5.41) is 4.55. The molecule has 2 aromatic carbocycles. The summed E-state index contributed by atoms with van der Waals surface area (Å²) in [7, 11) is 1.62. The Morgan fingerprint density at radius 1 is 1.03 bits per heavy atom. The van der Waals surface area contributed by atoms with Gasteiger partial charge in [0.2, 0.25) is 5.91 Å². The van der Waals surface area contributed by atoms with Gasteiger partial charge in [0.05, 0.1) is 19.3 Å². The Morgan fingerprint density at radius 2 is 1.84 bits per heavy atom. The Morgan fingerprint density at radius 3 is 2.58 bits per heavy atom.